The van der Waals surface area contributed by atoms with Crippen LogP contribution >= 0.6 is 0 Å². The van der Waals surface area contributed by atoms with Crippen LogP contribution in [0.25, 0.3) is 0 Å². The summed E-state index contributed by atoms with van der Waals surface area (Å²) in [7, 11) is -7.80. The lowest BCUT2D eigenvalue weighted by Crippen LogP contribution is -2.24. The average molecular weight is 505 g/mol. The third kappa shape index (κ3) is 4.09. The summed E-state index contributed by atoms with van der Waals surface area (Å²) >= 11 is 0. The van der Waals surface area contributed by atoms with Crippen LogP contribution in [0, 0.1) is 0 Å². The van der Waals surface area contributed by atoms with E-state index in [2.05, 4.69) is 0 Å². The van der Waals surface area contributed by atoms with Crippen LogP contribution in [0.5, 0.6) is 0 Å². The molecular formula is C28H24O5S2. The second-order valence-electron chi connectivity index (χ2n) is 8.74. The van der Waals surface area contributed by atoms with Crippen LogP contribution in [-0.4, -0.2) is 27.9 Å². The molecule has 178 valence electrons. The van der Waals surface area contributed by atoms with E-state index in [1.165, 1.54) is 30.3 Å². The number of fused-ring (bicyclic) bond motifs is 1. The Morgan fingerprint density at radius 2 is 1.23 bits per heavy atom. The third-order valence-corrected chi connectivity index (χ3v) is 10.8. The van der Waals surface area contributed by atoms with Gasteiger partial charge in [0.15, 0.2) is 15.6 Å². The van der Waals surface area contributed by atoms with Crippen LogP contribution in [0.4, 0.5) is 0 Å². The van der Waals surface area contributed by atoms with Gasteiger partial charge >= 0.3 is 0 Å². The predicted octanol–water partition coefficient (Wildman–Crippen LogP) is 5.03. The molecule has 2 aliphatic carbocycles. The molecule has 5 nitrogen and oxygen atoms in total. The van der Waals surface area contributed by atoms with Crippen molar-refractivity contribution in [1.29, 1.82) is 0 Å². The van der Waals surface area contributed by atoms with Crippen LogP contribution < -0.4 is 0 Å². The Balaban J connectivity index is 1.76. The van der Waals surface area contributed by atoms with E-state index in [9.17, 15) is 21.6 Å². The van der Waals surface area contributed by atoms with Crippen molar-refractivity contribution in [2.45, 2.75) is 40.2 Å². The number of hydrogen-bond donors (Lipinski definition) is 0. The second kappa shape index (κ2) is 9.06. The van der Waals surface area contributed by atoms with Crippen molar-refractivity contribution in [2.24, 2.45) is 0 Å². The lowest BCUT2D eigenvalue weighted by Gasteiger charge is -2.22. The quantitative estimate of drug-likeness (QED) is 0.486. The fourth-order valence-electron chi connectivity index (χ4n) is 5.04. The molecule has 3 aromatic carbocycles. The highest BCUT2D eigenvalue weighted by Gasteiger charge is 2.45. The number of sulfone groups is 2. The number of ketones is 1. The van der Waals surface area contributed by atoms with Gasteiger partial charge in [-0.05, 0) is 66.3 Å². The molecule has 5 rings (SSSR count). The predicted molar refractivity (Wildman–Crippen MR) is 134 cm³/mol. The zero-order valence-corrected chi connectivity index (χ0v) is 20.5. The molecule has 35 heavy (non-hydrogen) atoms. The van der Waals surface area contributed by atoms with Crippen molar-refractivity contribution in [2.75, 3.05) is 0 Å². The first-order chi connectivity index (χ1) is 16.8. The Morgan fingerprint density at radius 1 is 0.686 bits per heavy atom. The van der Waals surface area contributed by atoms with Gasteiger partial charge in [-0.2, -0.15) is 0 Å². The Hall–Kier alpha value is -3.29. The molecule has 0 saturated carbocycles. The summed E-state index contributed by atoms with van der Waals surface area (Å²) in [4.78, 5) is 13.8. The van der Waals surface area contributed by atoms with Gasteiger partial charge in [0.25, 0.3) is 0 Å². The molecule has 3 aromatic rings. The van der Waals surface area contributed by atoms with Crippen molar-refractivity contribution >= 4 is 25.5 Å². The highest BCUT2D eigenvalue weighted by Crippen LogP contribution is 2.48. The molecule has 0 N–H and O–H groups in total. The Labute approximate surface area is 205 Å². The minimum atomic E-state index is -3.95. The molecule has 0 aliphatic heterocycles. The van der Waals surface area contributed by atoms with Gasteiger partial charge in [-0.15, -0.1) is 0 Å². The average Bonchev–Trinajstić information content (AvgIpc) is 3.08. The van der Waals surface area contributed by atoms with Crippen molar-refractivity contribution in [1.82, 2.24) is 0 Å². The lowest BCUT2D eigenvalue weighted by atomic mass is 9.89. The highest BCUT2D eigenvalue weighted by molar-refractivity contribution is 7.95. The van der Waals surface area contributed by atoms with E-state index in [0.29, 0.717) is 23.1 Å². The largest absolute Gasteiger partial charge is 0.294 e. The number of carbonyl (C=O) groups excluding carboxylic acids is 1. The molecule has 0 amide bonds. The third-order valence-electron chi connectivity index (χ3n) is 6.66. The molecule has 0 spiro atoms. The number of allylic oxidation sites excluding steroid dienone is 3. The van der Waals surface area contributed by atoms with Gasteiger partial charge in [0.05, 0.1) is 25.9 Å². The Kier molecular flexibility index (Phi) is 6.07. The van der Waals surface area contributed by atoms with Crippen LogP contribution in [0.3, 0.4) is 0 Å². The second-order valence-corrected chi connectivity index (χ2v) is 12.8. The summed E-state index contributed by atoms with van der Waals surface area (Å²) in [6.07, 6.45) is 2.13. The standard InChI is InChI=1S/C28H24O5S2/c29-24-19-23-25(34(30,31)21-13-6-2-7-14-21)17-10-18-26(35(32,33)22-15-8-3-9-16-22)28(23)27(24)20-11-4-1-5-12-20/h1-9,11-16,19,25,27H,10,17-18H2/t25-,27+/m1/s1. The summed E-state index contributed by atoms with van der Waals surface area (Å²) in [5.74, 6) is -1.15. The fraction of sp³-hybridized carbons (Fsp3) is 0.179. The topological polar surface area (TPSA) is 85.3 Å². The number of carbonyl (C=O) groups is 1. The lowest BCUT2D eigenvalue weighted by molar-refractivity contribution is -0.114. The molecule has 2 aliphatic rings. The first kappa shape index (κ1) is 23.5. The summed E-state index contributed by atoms with van der Waals surface area (Å²) in [6, 6.07) is 25.2. The van der Waals surface area contributed by atoms with Crippen LogP contribution in [0.1, 0.15) is 30.7 Å². The summed E-state index contributed by atoms with van der Waals surface area (Å²) in [5.41, 5.74) is 1.28. The van der Waals surface area contributed by atoms with Crippen LogP contribution in [0.15, 0.2) is 123 Å². The van der Waals surface area contributed by atoms with E-state index in [1.54, 1.807) is 60.7 Å². The zero-order chi connectivity index (χ0) is 24.6. The van der Waals surface area contributed by atoms with E-state index in [4.69, 9.17) is 0 Å². The smallest absolute Gasteiger partial charge is 0.203 e. The normalized spacial score (nSPS) is 20.8. The molecule has 0 heterocycles. The van der Waals surface area contributed by atoms with Crippen molar-refractivity contribution < 1.29 is 21.6 Å². The SMILES string of the molecule is O=C1C=C2C(=C(S(=O)(=O)c3ccccc3)CCC[C@H]2S(=O)(=O)c2ccccc2)[C@H]1c1ccccc1. The molecule has 0 radical (unpaired) electrons. The molecular weight excluding hydrogens is 480 g/mol. The minimum Gasteiger partial charge on any atom is -0.294 e. The van der Waals surface area contributed by atoms with E-state index in [1.807, 2.05) is 6.07 Å². The van der Waals surface area contributed by atoms with Gasteiger partial charge in [-0.1, -0.05) is 66.7 Å². The maximum Gasteiger partial charge on any atom is 0.203 e. The molecule has 2 atom stereocenters. The van der Waals surface area contributed by atoms with Gasteiger partial charge in [0.2, 0.25) is 9.84 Å². The molecule has 0 fully saturated rings. The molecule has 7 heteroatoms. The van der Waals surface area contributed by atoms with Gasteiger partial charge in [-0.3, -0.25) is 4.79 Å². The summed E-state index contributed by atoms with van der Waals surface area (Å²) in [6.45, 7) is 0. The highest BCUT2D eigenvalue weighted by atomic mass is 32.2. The van der Waals surface area contributed by atoms with E-state index in [-0.39, 0.29) is 33.3 Å². The summed E-state index contributed by atoms with van der Waals surface area (Å²) < 4.78 is 55.2. The van der Waals surface area contributed by atoms with E-state index >= 15 is 0 Å². The van der Waals surface area contributed by atoms with Crippen LogP contribution in [0.2, 0.25) is 0 Å². The molecule has 0 unspecified atom stereocenters. The first-order valence-corrected chi connectivity index (χ1v) is 14.5. The Bertz CT molecular complexity index is 1540. The van der Waals surface area contributed by atoms with E-state index in [0.717, 1.165) is 0 Å². The number of benzene rings is 3. The molecule has 0 saturated heterocycles. The fourth-order valence-corrected chi connectivity index (χ4v) is 8.65. The van der Waals surface area contributed by atoms with E-state index < -0.39 is 30.8 Å². The van der Waals surface area contributed by atoms with Crippen molar-refractivity contribution in [3.8, 4) is 0 Å². The van der Waals surface area contributed by atoms with Crippen LogP contribution in [-0.2, 0) is 24.5 Å². The van der Waals surface area contributed by atoms with Gasteiger partial charge in [-0.25, -0.2) is 16.8 Å². The summed E-state index contributed by atoms with van der Waals surface area (Å²) in [5, 5.41) is -0.999. The monoisotopic (exact) mass is 504 g/mol. The molecule has 0 bridgehead atoms. The van der Waals surface area contributed by atoms with Gasteiger partial charge in [0.1, 0.15) is 0 Å². The number of rotatable bonds is 5. The maximum absolute atomic E-state index is 13.8. The zero-order valence-electron chi connectivity index (χ0n) is 18.9. The minimum absolute atomic E-state index is 0.136. The number of hydrogen-bond acceptors (Lipinski definition) is 5. The van der Waals surface area contributed by atoms with Gasteiger partial charge < -0.3 is 0 Å². The maximum atomic E-state index is 13.8. The van der Waals surface area contributed by atoms with Crippen molar-refractivity contribution in [3.05, 3.63) is 119 Å². The first-order valence-electron chi connectivity index (χ1n) is 11.4. The van der Waals surface area contributed by atoms with Gasteiger partial charge in [0, 0.05) is 0 Å². The van der Waals surface area contributed by atoms with Crippen molar-refractivity contribution in [3.63, 3.8) is 0 Å². The molecule has 0 aromatic heterocycles. The Morgan fingerprint density at radius 3 is 1.83 bits per heavy atom.